The van der Waals surface area contributed by atoms with Gasteiger partial charge in [-0.15, -0.1) is 0 Å². The number of hydrogen-bond donors (Lipinski definition) is 1. The Bertz CT molecular complexity index is 358. The summed E-state index contributed by atoms with van der Waals surface area (Å²) in [4.78, 5) is 0. The second kappa shape index (κ2) is 7.72. The number of hydrogen-bond acceptors (Lipinski definition) is 3. The smallest absolute Gasteiger partial charge is 0.143 e. The van der Waals surface area contributed by atoms with Gasteiger partial charge in [-0.2, -0.15) is 11.8 Å². The molecule has 1 rings (SSSR count). The molecule has 0 amide bonds. The average molecular weight is 274 g/mol. The average Bonchev–Trinajstić information content (AvgIpc) is 2.33. The molecular weight excluding hydrogens is 254 g/mol. The number of benzene rings is 1. The van der Waals surface area contributed by atoms with E-state index in [1.54, 1.807) is 7.11 Å². The highest BCUT2D eigenvalue weighted by Gasteiger charge is 2.06. The zero-order chi connectivity index (χ0) is 12.7. The first-order chi connectivity index (χ1) is 8.19. The molecule has 1 N–H and O–H groups in total. The van der Waals surface area contributed by atoms with Gasteiger partial charge in [-0.05, 0) is 36.5 Å². The van der Waals surface area contributed by atoms with E-state index in [0.29, 0.717) is 0 Å². The van der Waals surface area contributed by atoms with E-state index in [4.69, 9.17) is 16.3 Å². The molecule has 0 aromatic heterocycles. The van der Waals surface area contributed by atoms with Crippen LogP contribution in [0.5, 0.6) is 5.75 Å². The van der Waals surface area contributed by atoms with E-state index >= 15 is 0 Å². The van der Waals surface area contributed by atoms with Gasteiger partial charge in [-0.1, -0.05) is 18.5 Å². The van der Waals surface area contributed by atoms with Crippen molar-refractivity contribution in [3.05, 3.63) is 22.7 Å². The Kier molecular flexibility index (Phi) is 6.60. The summed E-state index contributed by atoms with van der Waals surface area (Å²) in [6.07, 6.45) is 1.16. The van der Waals surface area contributed by atoms with Crippen LogP contribution < -0.4 is 10.1 Å². The molecule has 2 nitrogen and oxygen atoms in total. The van der Waals surface area contributed by atoms with Crippen LogP contribution in [0.3, 0.4) is 0 Å². The van der Waals surface area contributed by atoms with Crippen LogP contribution in [0.2, 0.25) is 5.02 Å². The largest absolute Gasteiger partial charge is 0.495 e. The number of nitrogens with one attached hydrogen (secondary N) is 1. The minimum atomic E-state index is 0.744. The van der Waals surface area contributed by atoms with Gasteiger partial charge in [0.15, 0.2) is 0 Å². The van der Waals surface area contributed by atoms with Crippen LogP contribution in [-0.2, 0) is 0 Å². The van der Waals surface area contributed by atoms with Crippen molar-refractivity contribution in [1.29, 1.82) is 0 Å². The molecule has 0 aliphatic heterocycles. The number of ether oxygens (including phenoxy) is 1. The molecule has 1 aromatic carbocycles. The van der Waals surface area contributed by atoms with Crippen molar-refractivity contribution in [3.8, 4) is 5.75 Å². The van der Waals surface area contributed by atoms with E-state index in [2.05, 4.69) is 12.2 Å². The maximum Gasteiger partial charge on any atom is 0.143 e. The Morgan fingerprint density at radius 3 is 2.82 bits per heavy atom. The summed E-state index contributed by atoms with van der Waals surface area (Å²) in [7, 11) is 1.67. The molecule has 0 saturated carbocycles. The zero-order valence-electron chi connectivity index (χ0n) is 10.7. The van der Waals surface area contributed by atoms with Gasteiger partial charge in [0.1, 0.15) is 5.75 Å². The van der Waals surface area contributed by atoms with Crippen LogP contribution >= 0.6 is 23.4 Å². The summed E-state index contributed by atoms with van der Waals surface area (Å²) >= 11 is 8.02. The predicted octanol–water partition coefficient (Wildman–Crippen LogP) is 4.21. The Balaban J connectivity index is 2.54. The maximum atomic E-state index is 6.06. The minimum Gasteiger partial charge on any atom is -0.495 e. The summed E-state index contributed by atoms with van der Waals surface area (Å²) in [6, 6.07) is 3.90. The van der Waals surface area contributed by atoms with Gasteiger partial charge in [0.2, 0.25) is 0 Å². The number of rotatable bonds is 7. The Morgan fingerprint density at radius 2 is 2.18 bits per heavy atom. The molecule has 0 heterocycles. The van der Waals surface area contributed by atoms with E-state index in [0.717, 1.165) is 35.0 Å². The lowest BCUT2D eigenvalue weighted by Gasteiger charge is -2.13. The van der Waals surface area contributed by atoms with E-state index in [9.17, 15) is 0 Å². The van der Waals surface area contributed by atoms with Gasteiger partial charge >= 0.3 is 0 Å². The number of thioether (sulfide) groups is 1. The molecule has 0 unspecified atom stereocenters. The first-order valence-electron chi connectivity index (χ1n) is 5.84. The highest BCUT2D eigenvalue weighted by atomic mass is 35.5. The highest BCUT2D eigenvalue weighted by Crippen LogP contribution is 2.30. The second-order valence-electron chi connectivity index (χ2n) is 3.78. The zero-order valence-corrected chi connectivity index (χ0v) is 12.3. The van der Waals surface area contributed by atoms with Crippen LogP contribution in [0.4, 0.5) is 5.69 Å². The molecule has 0 aliphatic rings. The summed E-state index contributed by atoms with van der Waals surface area (Å²) in [5, 5.41) is 4.14. The molecule has 0 bridgehead atoms. The number of aryl methyl sites for hydroxylation is 1. The SMILES string of the molecule is CCSCCCNc1cc(C)c(Cl)cc1OC. The van der Waals surface area contributed by atoms with Crippen molar-refractivity contribution in [2.24, 2.45) is 0 Å². The quantitative estimate of drug-likeness (QED) is 0.752. The van der Waals surface area contributed by atoms with Gasteiger partial charge in [0.25, 0.3) is 0 Å². The highest BCUT2D eigenvalue weighted by molar-refractivity contribution is 7.99. The van der Waals surface area contributed by atoms with Crippen LogP contribution in [0.25, 0.3) is 0 Å². The Hall–Kier alpha value is -0.540. The van der Waals surface area contributed by atoms with Gasteiger partial charge in [-0.3, -0.25) is 0 Å². The van der Waals surface area contributed by atoms with Crippen molar-refractivity contribution < 1.29 is 4.74 Å². The summed E-state index contributed by atoms with van der Waals surface area (Å²) < 4.78 is 5.31. The van der Waals surface area contributed by atoms with Crippen molar-refractivity contribution in [2.75, 3.05) is 30.5 Å². The molecule has 0 atom stereocenters. The lowest BCUT2D eigenvalue weighted by atomic mass is 10.2. The number of anilines is 1. The van der Waals surface area contributed by atoms with Crippen molar-refractivity contribution >= 4 is 29.1 Å². The molecule has 17 heavy (non-hydrogen) atoms. The Morgan fingerprint density at radius 1 is 1.41 bits per heavy atom. The number of methoxy groups -OCH3 is 1. The maximum absolute atomic E-state index is 6.06. The first-order valence-corrected chi connectivity index (χ1v) is 7.38. The molecule has 0 spiro atoms. The molecule has 1 aromatic rings. The topological polar surface area (TPSA) is 21.3 Å². The van der Waals surface area contributed by atoms with Crippen molar-refractivity contribution in [1.82, 2.24) is 0 Å². The monoisotopic (exact) mass is 273 g/mol. The van der Waals surface area contributed by atoms with Crippen LogP contribution in [-0.4, -0.2) is 25.2 Å². The van der Waals surface area contributed by atoms with E-state index in [1.807, 2.05) is 30.8 Å². The molecule has 0 aliphatic carbocycles. The molecule has 4 heteroatoms. The molecule has 96 valence electrons. The van der Waals surface area contributed by atoms with Crippen molar-refractivity contribution in [3.63, 3.8) is 0 Å². The van der Waals surface area contributed by atoms with Gasteiger partial charge in [-0.25, -0.2) is 0 Å². The van der Waals surface area contributed by atoms with Crippen LogP contribution in [0, 0.1) is 6.92 Å². The third-order valence-electron chi connectivity index (χ3n) is 2.47. The Labute approximate surface area is 113 Å². The lowest BCUT2D eigenvalue weighted by Crippen LogP contribution is -2.04. The van der Waals surface area contributed by atoms with E-state index in [-0.39, 0.29) is 0 Å². The molecular formula is C13H20ClNOS. The second-order valence-corrected chi connectivity index (χ2v) is 5.58. The number of halogens is 1. The van der Waals surface area contributed by atoms with Gasteiger partial charge < -0.3 is 10.1 Å². The van der Waals surface area contributed by atoms with E-state index in [1.165, 1.54) is 11.5 Å². The minimum absolute atomic E-state index is 0.744. The van der Waals surface area contributed by atoms with Gasteiger partial charge in [0.05, 0.1) is 12.8 Å². The molecule has 0 fully saturated rings. The summed E-state index contributed by atoms with van der Waals surface area (Å²) in [6.45, 7) is 5.15. The fraction of sp³-hybridized carbons (Fsp3) is 0.538. The third kappa shape index (κ3) is 4.68. The van der Waals surface area contributed by atoms with Crippen molar-refractivity contribution in [2.45, 2.75) is 20.3 Å². The summed E-state index contributed by atoms with van der Waals surface area (Å²) in [5.41, 5.74) is 2.09. The predicted molar refractivity (Wildman–Crippen MR) is 78.8 cm³/mol. The van der Waals surface area contributed by atoms with Crippen LogP contribution in [0.15, 0.2) is 12.1 Å². The van der Waals surface area contributed by atoms with E-state index < -0.39 is 0 Å². The summed E-state index contributed by atoms with van der Waals surface area (Å²) in [5.74, 6) is 3.19. The molecule has 0 saturated heterocycles. The van der Waals surface area contributed by atoms with Gasteiger partial charge in [0, 0.05) is 17.6 Å². The molecule has 0 radical (unpaired) electrons. The van der Waals surface area contributed by atoms with Crippen LogP contribution in [0.1, 0.15) is 18.9 Å². The fourth-order valence-corrected chi connectivity index (χ4v) is 2.30. The first kappa shape index (κ1) is 14.5. The lowest BCUT2D eigenvalue weighted by molar-refractivity contribution is 0.416. The fourth-order valence-electron chi connectivity index (χ4n) is 1.51. The third-order valence-corrected chi connectivity index (χ3v) is 3.86. The standard InChI is InChI=1S/C13H20ClNOS/c1-4-17-7-5-6-15-12-8-10(2)11(14)9-13(12)16-3/h8-9,15H,4-7H2,1-3H3. The normalized spacial score (nSPS) is 10.4.